The van der Waals surface area contributed by atoms with E-state index in [0.29, 0.717) is 17.3 Å². The summed E-state index contributed by atoms with van der Waals surface area (Å²) in [7, 11) is 0. The Morgan fingerprint density at radius 1 is 1.29 bits per heavy atom. The third kappa shape index (κ3) is 4.81. The van der Waals surface area contributed by atoms with Crippen LogP contribution in [0.3, 0.4) is 0 Å². The van der Waals surface area contributed by atoms with Gasteiger partial charge < -0.3 is 5.32 Å². The van der Waals surface area contributed by atoms with Crippen LogP contribution in [-0.4, -0.2) is 12.1 Å². The smallest absolute Gasteiger partial charge is 0.123 e. The van der Waals surface area contributed by atoms with Gasteiger partial charge in [0.05, 0.1) is 0 Å². The predicted octanol–water partition coefficient (Wildman–Crippen LogP) is 5.12. The van der Waals surface area contributed by atoms with Crippen LogP contribution in [0.15, 0.2) is 24.3 Å². The van der Waals surface area contributed by atoms with Crippen molar-refractivity contribution in [2.24, 2.45) is 11.3 Å². The van der Waals surface area contributed by atoms with Crippen LogP contribution in [0.25, 0.3) is 0 Å². The number of nitrogens with one attached hydrogen (secondary N) is 1. The van der Waals surface area contributed by atoms with Crippen LogP contribution in [0.5, 0.6) is 0 Å². The first-order valence-electron chi connectivity index (χ1n) is 8.17. The summed E-state index contributed by atoms with van der Waals surface area (Å²) in [6, 6.07) is 7.22. The van der Waals surface area contributed by atoms with E-state index in [9.17, 15) is 4.39 Å². The van der Waals surface area contributed by atoms with E-state index in [1.807, 2.05) is 6.07 Å². The Bertz CT molecular complexity index is 473. The predicted molar refractivity (Wildman–Crippen MR) is 88.0 cm³/mol. The second-order valence-corrected chi connectivity index (χ2v) is 8.46. The third-order valence-electron chi connectivity index (χ3n) is 4.70. The molecule has 0 aliphatic heterocycles. The van der Waals surface area contributed by atoms with Gasteiger partial charge in [0.15, 0.2) is 0 Å². The van der Waals surface area contributed by atoms with Gasteiger partial charge in [-0.3, -0.25) is 0 Å². The Balaban J connectivity index is 2.18. The molecule has 118 valence electrons. The van der Waals surface area contributed by atoms with Gasteiger partial charge in [-0.25, -0.2) is 4.39 Å². The molecule has 0 heterocycles. The Hall–Kier alpha value is -0.890. The number of halogens is 1. The van der Waals surface area contributed by atoms with Crippen LogP contribution in [0, 0.1) is 17.2 Å². The number of benzene rings is 1. The Labute approximate surface area is 129 Å². The van der Waals surface area contributed by atoms with Gasteiger partial charge in [0.2, 0.25) is 0 Å². The zero-order valence-electron chi connectivity index (χ0n) is 14.2. The monoisotopic (exact) mass is 291 g/mol. The zero-order chi connectivity index (χ0) is 15.7. The van der Waals surface area contributed by atoms with Gasteiger partial charge >= 0.3 is 0 Å². The van der Waals surface area contributed by atoms with Gasteiger partial charge in [0.25, 0.3) is 0 Å². The summed E-state index contributed by atoms with van der Waals surface area (Å²) in [6.45, 7) is 12.3. The first kappa shape index (κ1) is 16.5. The minimum Gasteiger partial charge on any atom is -0.312 e. The van der Waals surface area contributed by atoms with Gasteiger partial charge in [0, 0.05) is 5.54 Å². The summed E-state index contributed by atoms with van der Waals surface area (Å²) in [5.74, 6) is 0.941. The van der Waals surface area contributed by atoms with Gasteiger partial charge in [-0.05, 0) is 81.5 Å². The second-order valence-electron chi connectivity index (χ2n) is 8.46. The summed E-state index contributed by atoms with van der Waals surface area (Å²) in [4.78, 5) is 0. The van der Waals surface area contributed by atoms with Crippen molar-refractivity contribution in [1.82, 2.24) is 5.32 Å². The molecule has 1 nitrogen and oxygen atoms in total. The summed E-state index contributed by atoms with van der Waals surface area (Å²) in [5.41, 5.74) is 1.66. The van der Waals surface area contributed by atoms with Crippen LogP contribution in [-0.2, 0) is 0 Å². The lowest BCUT2D eigenvalue weighted by atomic mass is 9.65. The van der Waals surface area contributed by atoms with Crippen molar-refractivity contribution in [3.8, 4) is 0 Å². The van der Waals surface area contributed by atoms with Crippen molar-refractivity contribution in [1.29, 1.82) is 0 Å². The normalized spacial score (nSPS) is 25.8. The quantitative estimate of drug-likeness (QED) is 0.814. The molecule has 0 bridgehead atoms. The fraction of sp³-hybridized carbons (Fsp3) is 0.684. The maximum absolute atomic E-state index is 13.6. The molecule has 1 fully saturated rings. The van der Waals surface area contributed by atoms with Gasteiger partial charge in [-0.1, -0.05) is 26.0 Å². The standard InChI is InChI=1S/C19H30FN/c1-18(2,3)21-13-15-9-10-19(4,5)12-17(15)14-7-6-8-16(20)11-14/h6-8,11,15,17,21H,9-10,12-13H2,1-5H3. The molecular formula is C19H30FN. The summed E-state index contributed by atoms with van der Waals surface area (Å²) in [5, 5.41) is 3.64. The van der Waals surface area contributed by atoms with E-state index in [0.717, 1.165) is 13.0 Å². The average molecular weight is 291 g/mol. The van der Waals surface area contributed by atoms with Crippen LogP contribution in [0.1, 0.15) is 65.4 Å². The Morgan fingerprint density at radius 3 is 2.62 bits per heavy atom. The highest BCUT2D eigenvalue weighted by Crippen LogP contribution is 2.46. The molecule has 1 N–H and O–H groups in total. The van der Waals surface area contributed by atoms with Crippen molar-refractivity contribution in [3.63, 3.8) is 0 Å². The highest BCUT2D eigenvalue weighted by atomic mass is 19.1. The van der Waals surface area contributed by atoms with E-state index in [1.165, 1.54) is 18.4 Å². The average Bonchev–Trinajstić information content (AvgIpc) is 2.35. The van der Waals surface area contributed by atoms with E-state index in [2.05, 4.69) is 46.0 Å². The van der Waals surface area contributed by atoms with Crippen molar-refractivity contribution in [2.75, 3.05) is 6.54 Å². The first-order valence-corrected chi connectivity index (χ1v) is 8.17. The molecule has 1 saturated carbocycles. The molecule has 2 atom stereocenters. The molecule has 0 aromatic heterocycles. The largest absolute Gasteiger partial charge is 0.312 e. The lowest BCUT2D eigenvalue weighted by molar-refractivity contribution is 0.153. The van der Waals surface area contributed by atoms with Crippen LogP contribution in [0.4, 0.5) is 4.39 Å². The SMILES string of the molecule is CC1(C)CCC(CNC(C)(C)C)C(c2cccc(F)c2)C1. The fourth-order valence-corrected chi connectivity index (χ4v) is 3.45. The van der Waals surface area contributed by atoms with E-state index in [1.54, 1.807) is 12.1 Å². The van der Waals surface area contributed by atoms with Gasteiger partial charge in [-0.15, -0.1) is 0 Å². The maximum Gasteiger partial charge on any atom is 0.123 e. The molecule has 0 saturated heterocycles. The number of hydrogen-bond acceptors (Lipinski definition) is 1. The summed E-state index contributed by atoms with van der Waals surface area (Å²) < 4.78 is 13.6. The Morgan fingerprint density at radius 2 is 2.00 bits per heavy atom. The van der Waals surface area contributed by atoms with Gasteiger partial charge in [0.1, 0.15) is 5.82 Å². The molecule has 0 amide bonds. The molecule has 0 radical (unpaired) electrons. The highest BCUT2D eigenvalue weighted by molar-refractivity contribution is 5.23. The van der Waals surface area contributed by atoms with Crippen molar-refractivity contribution in [3.05, 3.63) is 35.6 Å². The van der Waals surface area contributed by atoms with E-state index >= 15 is 0 Å². The van der Waals surface area contributed by atoms with Crippen molar-refractivity contribution >= 4 is 0 Å². The molecule has 1 aromatic carbocycles. The molecule has 21 heavy (non-hydrogen) atoms. The molecule has 2 unspecified atom stereocenters. The maximum atomic E-state index is 13.6. The fourth-order valence-electron chi connectivity index (χ4n) is 3.45. The molecular weight excluding hydrogens is 261 g/mol. The minimum atomic E-state index is -0.113. The molecule has 2 heteroatoms. The first-order chi connectivity index (χ1) is 9.66. The number of rotatable bonds is 3. The second kappa shape index (κ2) is 6.08. The minimum absolute atomic E-state index is 0.113. The zero-order valence-corrected chi connectivity index (χ0v) is 14.2. The van der Waals surface area contributed by atoms with E-state index in [-0.39, 0.29) is 11.4 Å². The molecule has 1 aliphatic rings. The summed E-state index contributed by atoms with van der Waals surface area (Å²) in [6.07, 6.45) is 3.62. The molecule has 1 aromatic rings. The van der Waals surface area contributed by atoms with Crippen molar-refractivity contribution in [2.45, 2.75) is 65.3 Å². The van der Waals surface area contributed by atoms with Crippen molar-refractivity contribution < 1.29 is 4.39 Å². The molecule has 1 aliphatic carbocycles. The van der Waals surface area contributed by atoms with Crippen LogP contribution < -0.4 is 5.32 Å². The molecule has 2 rings (SSSR count). The molecule has 0 spiro atoms. The number of hydrogen-bond donors (Lipinski definition) is 1. The van der Waals surface area contributed by atoms with E-state index < -0.39 is 0 Å². The Kier molecular flexibility index (Phi) is 4.77. The lowest BCUT2D eigenvalue weighted by Gasteiger charge is -2.42. The topological polar surface area (TPSA) is 12.0 Å². The third-order valence-corrected chi connectivity index (χ3v) is 4.70. The van der Waals surface area contributed by atoms with Crippen LogP contribution >= 0.6 is 0 Å². The van der Waals surface area contributed by atoms with Gasteiger partial charge in [-0.2, -0.15) is 0 Å². The lowest BCUT2D eigenvalue weighted by Crippen LogP contribution is -2.42. The van der Waals surface area contributed by atoms with Crippen LogP contribution in [0.2, 0.25) is 0 Å². The summed E-state index contributed by atoms with van der Waals surface area (Å²) >= 11 is 0. The highest BCUT2D eigenvalue weighted by Gasteiger charge is 2.36. The van der Waals surface area contributed by atoms with E-state index in [4.69, 9.17) is 0 Å².